The first-order valence-electron chi connectivity index (χ1n) is 10.3. The second kappa shape index (κ2) is 10.4. The Kier molecular flexibility index (Phi) is 8.92. The van der Waals surface area contributed by atoms with Crippen LogP contribution >= 0.6 is 0 Å². The molecule has 1 heterocycles. The molecule has 158 valence electrons. The number of aromatic nitrogens is 1. The SMILES string of the molecule is CCCCn1c(CCC)c(CC)cc(C(=O)NC(C)(C(=O)OC)C(C)C)c1=O. The van der Waals surface area contributed by atoms with Gasteiger partial charge in [0.05, 0.1) is 7.11 Å². The average molecular weight is 393 g/mol. The number of amides is 1. The third-order valence-electron chi connectivity index (χ3n) is 5.48. The second-order valence-electron chi connectivity index (χ2n) is 7.75. The minimum Gasteiger partial charge on any atom is -0.467 e. The fourth-order valence-corrected chi connectivity index (χ4v) is 3.26. The molecule has 6 heteroatoms. The van der Waals surface area contributed by atoms with Gasteiger partial charge in [0, 0.05) is 12.2 Å². The van der Waals surface area contributed by atoms with Gasteiger partial charge in [-0.15, -0.1) is 0 Å². The van der Waals surface area contributed by atoms with Crippen molar-refractivity contribution in [3.05, 3.63) is 33.2 Å². The molecule has 0 spiro atoms. The van der Waals surface area contributed by atoms with Crippen LogP contribution in [0.2, 0.25) is 0 Å². The van der Waals surface area contributed by atoms with Crippen molar-refractivity contribution in [3.63, 3.8) is 0 Å². The summed E-state index contributed by atoms with van der Waals surface area (Å²) < 4.78 is 6.64. The van der Waals surface area contributed by atoms with E-state index in [4.69, 9.17) is 4.74 Å². The summed E-state index contributed by atoms with van der Waals surface area (Å²) in [6.45, 7) is 12.1. The van der Waals surface area contributed by atoms with E-state index in [2.05, 4.69) is 19.2 Å². The van der Waals surface area contributed by atoms with Crippen LogP contribution in [0.3, 0.4) is 0 Å². The molecular formula is C22H36N2O4. The number of unbranched alkanes of at least 4 members (excludes halogenated alkanes) is 1. The van der Waals surface area contributed by atoms with Gasteiger partial charge in [-0.2, -0.15) is 0 Å². The van der Waals surface area contributed by atoms with Crippen LogP contribution in [0.15, 0.2) is 10.9 Å². The van der Waals surface area contributed by atoms with Crippen LogP contribution in [0, 0.1) is 5.92 Å². The highest BCUT2D eigenvalue weighted by Crippen LogP contribution is 2.20. The first-order chi connectivity index (χ1) is 13.2. The highest BCUT2D eigenvalue weighted by molar-refractivity contribution is 5.98. The largest absolute Gasteiger partial charge is 0.467 e. The fraction of sp³-hybridized carbons (Fsp3) is 0.682. The number of carbonyl (C=O) groups excluding carboxylic acids is 2. The van der Waals surface area contributed by atoms with Gasteiger partial charge in [-0.05, 0) is 43.7 Å². The number of rotatable bonds is 10. The summed E-state index contributed by atoms with van der Waals surface area (Å²) in [5.74, 6) is -1.26. The minimum atomic E-state index is -1.21. The van der Waals surface area contributed by atoms with E-state index in [0.29, 0.717) is 6.54 Å². The normalized spacial score (nSPS) is 13.3. The monoisotopic (exact) mass is 392 g/mol. The van der Waals surface area contributed by atoms with E-state index in [0.717, 1.165) is 43.4 Å². The van der Waals surface area contributed by atoms with Gasteiger partial charge in [0.1, 0.15) is 11.1 Å². The van der Waals surface area contributed by atoms with Crippen molar-refractivity contribution in [2.75, 3.05) is 7.11 Å². The molecule has 0 aliphatic rings. The molecule has 1 atom stereocenters. The van der Waals surface area contributed by atoms with Crippen LogP contribution in [0.5, 0.6) is 0 Å². The Morgan fingerprint density at radius 1 is 1.21 bits per heavy atom. The number of hydrogen-bond acceptors (Lipinski definition) is 4. The summed E-state index contributed by atoms with van der Waals surface area (Å²) in [7, 11) is 1.29. The molecule has 0 aromatic carbocycles. The predicted molar refractivity (Wildman–Crippen MR) is 112 cm³/mol. The van der Waals surface area contributed by atoms with E-state index in [1.54, 1.807) is 17.6 Å². The van der Waals surface area contributed by atoms with Crippen LogP contribution in [0.25, 0.3) is 0 Å². The molecule has 0 bridgehead atoms. The predicted octanol–water partition coefficient (Wildman–Crippen LogP) is 3.48. The van der Waals surface area contributed by atoms with Crippen LogP contribution < -0.4 is 10.9 Å². The van der Waals surface area contributed by atoms with Crippen molar-refractivity contribution in [2.24, 2.45) is 5.92 Å². The van der Waals surface area contributed by atoms with Crippen molar-refractivity contribution >= 4 is 11.9 Å². The lowest BCUT2D eigenvalue weighted by Crippen LogP contribution is -2.57. The number of hydrogen-bond donors (Lipinski definition) is 1. The second-order valence-corrected chi connectivity index (χ2v) is 7.75. The molecule has 28 heavy (non-hydrogen) atoms. The first-order valence-corrected chi connectivity index (χ1v) is 10.3. The summed E-state index contributed by atoms with van der Waals surface area (Å²) in [5.41, 5.74) is 0.610. The molecule has 1 unspecified atom stereocenters. The number of aryl methyl sites for hydroxylation is 1. The fourth-order valence-electron chi connectivity index (χ4n) is 3.26. The summed E-state index contributed by atoms with van der Waals surface area (Å²) in [5, 5.41) is 2.76. The Morgan fingerprint density at radius 2 is 1.86 bits per heavy atom. The highest BCUT2D eigenvalue weighted by atomic mass is 16.5. The molecule has 6 nitrogen and oxygen atoms in total. The van der Waals surface area contributed by atoms with Gasteiger partial charge in [-0.25, -0.2) is 4.79 Å². The van der Waals surface area contributed by atoms with Crippen LogP contribution in [-0.2, 0) is 28.9 Å². The Morgan fingerprint density at radius 3 is 2.32 bits per heavy atom. The standard InChI is InChI=1S/C22H36N2O4/c1-8-11-13-24-18(12-9-2)16(10-3)14-17(20(24)26)19(25)23-22(6,15(4)5)21(27)28-7/h14-15H,8-13H2,1-7H3,(H,23,25). The molecule has 0 aliphatic heterocycles. The maximum Gasteiger partial charge on any atom is 0.331 e. The maximum atomic E-state index is 13.2. The molecule has 0 saturated carbocycles. The van der Waals surface area contributed by atoms with Crippen molar-refractivity contribution in [1.82, 2.24) is 9.88 Å². The van der Waals surface area contributed by atoms with Gasteiger partial charge >= 0.3 is 5.97 Å². The molecule has 1 N–H and O–H groups in total. The number of carbonyl (C=O) groups is 2. The summed E-state index contributed by atoms with van der Waals surface area (Å²) in [4.78, 5) is 38.5. The lowest BCUT2D eigenvalue weighted by molar-refractivity contribution is -0.149. The Labute approximate surface area is 168 Å². The van der Waals surface area contributed by atoms with Gasteiger partial charge in [0.2, 0.25) is 0 Å². The Hall–Kier alpha value is -2.11. The molecule has 0 fully saturated rings. The quantitative estimate of drug-likeness (QED) is 0.619. The van der Waals surface area contributed by atoms with E-state index in [1.807, 2.05) is 20.8 Å². The average Bonchev–Trinajstić information content (AvgIpc) is 2.66. The minimum absolute atomic E-state index is 0.0867. The van der Waals surface area contributed by atoms with Gasteiger partial charge < -0.3 is 14.6 Å². The number of esters is 1. The van der Waals surface area contributed by atoms with E-state index in [9.17, 15) is 14.4 Å². The zero-order valence-electron chi connectivity index (χ0n) is 18.5. The van der Waals surface area contributed by atoms with E-state index in [1.165, 1.54) is 7.11 Å². The highest BCUT2D eigenvalue weighted by Gasteiger charge is 2.40. The zero-order valence-corrected chi connectivity index (χ0v) is 18.5. The third kappa shape index (κ3) is 5.03. The number of nitrogens with zero attached hydrogens (tertiary/aromatic N) is 1. The third-order valence-corrected chi connectivity index (χ3v) is 5.48. The smallest absolute Gasteiger partial charge is 0.331 e. The Balaban J connectivity index is 3.48. The molecule has 1 amide bonds. The van der Waals surface area contributed by atoms with Gasteiger partial charge in [-0.1, -0.05) is 47.5 Å². The molecule has 1 aromatic heterocycles. The molecular weight excluding hydrogens is 356 g/mol. The number of methoxy groups -OCH3 is 1. The van der Waals surface area contributed by atoms with Gasteiger partial charge in [-0.3, -0.25) is 9.59 Å². The van der Waals surface area contributed by atoms with Crippen molar-refractivity contribution < 1.29 is 14.3 Å². The van der Waals surface area contributed by atoms with Crippen LogP contribution in [0.4, 0.5) is 0 Å². The zero-order chi connectivity index (χ0) is 21.5. The summed E-state index contributed by atoms with van der Waals surface area (Å²) in [6, 6.07) is 1.70. The van der Waals surface area contributed by atoms with Gasteiger partial charge in [0.25, 0.3) is 11.5 Å². The molecule has 1 aromatic rings. The van der Waals surface area contributed by atoms with Gasteiger partial charge in [0.15, 0.2) is 0 Å². The molecule has 0 aliphatic carbocycles. The van der Waals surface area contributed by atoms with Crippen LogP contribution in [0.1, 0.15) is 82.4 Å². The van der Waals surface area contributed by atoms with Crippen molar-refractivity contribution in [1.29, 1.82) is 0 Å². The molecule has 0 radical (unpaired) electrons. The van der Waals surface area contributed by atoms with E-state index in [-0.39, 0.29) is 17.0 Å². The lowest BCUT2D eigenvalue weighted by atomic mass is 9.88. The van der Waals surface area contributed by atoms with Crippen molar-refractivity contribution in [3.8, 4) is 0 Å². The first kappa shape index (κ1) is 23.9. The molecule has 0 saturated heterocycles. The molecule has 1 rings (SSSR count). The number of nitrogens with one attached hydrogen (secondary N) is 1. The summed E-state index contributed by atoms with van der Waals surface area (Å²) in [6.07, 6.45) is 4.30. The number of pyridine rings is 1. The summed E-state index contributed by atoms with van der Waals surface area (Å²) >= 11 is 0. The number of ether oxygens (including phenoxy) is 1. The van der Waals surface area contributed by atoms with Crippen molar-refractivity contribution in [2.45, 2.75) is 85.7 Å². The maximum absolute atomic E-state index is 13.2. The van der Waals surface area contributed by atoms with Crippen LogP contribution in [-0.4, -0.2) is 29.1 Å². The van der Waals surface area contributed by atoms with E-state index < -0.39 is 17.4 Å². The topological polar surface area (TPSA) is 77.4 Å². The van der Waals surface area contributed by atoms with E-state index >= 15 is 0 Å². The Bertz CT molecular complexity index is 752. The lowest BCUT2D eigenvalue weighted by Gasteiger charge is -2.31.